The summed E-state index contributed by atoms with van der Waals surface area (Å²) in [7, 11) is 0. The second kappa shape index (κ2) is 5.73. The van der Waals surface area contributed by atoms with Crippen molar-refractivity contribution < 1.29 is 4.79 Å². The first-order valence-electron chi connectivity index (χ1n) is 4.88. The first-order valence-corrected chi connectivity index (χ1v) is 5.25. The molecule has 0 saturated carbocycles. The van der Waals surface area contributed by atoms with Gasteiger partial charge in [-0.05, 0) is 24.6 Å². The summed E-state index contributed by atoms with van der Waals surface area (Å²) in [6.45, 7) is 3.11. The van der Waals surface area contributed by atoms with Crippen molar-refractivity contribution in [2.45, 2.75) is 6.92 Å². The molecule has 0 heterocycles. The van der Waals surface area contributed by atoms with Crippen molar-refractivity contribution in [2.24, 2.45) is 11.7 Å². The number of nitrogens with two attached hydrogens (primary N) is 1. The molecule has 0 spiro atoms. The highest BCUT2D eigenvalue weighted by molar-refractivity contribution is 6.33. The van der Waals surface area contributed by atoms with E-state index in [1.165, 1.54) is 0 Å². The second-order valence-corrected chi connectivity index (χ2v) is 3.94. The zero-order valence-corrected chi connectivity index (χ0v) is 9.42. The molecule has 0 aliphatic carbocycles. The number of amides is 1. The van der Waals surface area contributed by atoms with E-state index in [2.05, 4.69) is 5.32 Å². The maximum Gasteiger partial charge on any atom is 0.252 e. The van der Waals surface area contributed by atoms with Gasteiger partial charge < -0.3 is 11.1 Å². The van der Waals surface area contributed by atoms with E-state index in [0.29, 0.717) is 23.7 Å². The van der Waals surface area contributed by atoms with Crippen molar-refractivity contribution in [1.82, 2.24) is 5.32 Å². The molecule has 1 aromatic rings. The molecule has 0 aliphatic rings. The highest BCUT2D eigenvalue weighted by Gasteiger charge is 2.09. The highest BCUT2D eigenvalue weighted by Crippen LogP contribution is 2.14. The largest absolute Gasteiger partial charge is 0.352 e. The minimum atomic E-state index is -0.152. The summed E-state index contributed by atoms with van der Waals surface area (Å²) >= 11 is 5.88. The van der Waals surface area contributed by atoms with Crippen LogP contribution in [0, 0.1) is 5.92 Å². The molecule has 0 radical (unpaired) electrons. The van der Waals surface area contributed by atoms with Gasteiger partial charge in [0.25, 0.3) is 5.91 Å². The van der Waals surface area contributed by atoms with E-state index in [4.69, 9.17) is 17.3 Å². The molecule has 4 heteroatoms. The number of carbonyl (C=O) groups excluding carboxylic acids is 1. The van der Waals surface area contributed by atoms with Gasteiger partial charge in [-0.25, -0.2) is 0 Å². The summed E-state index contributed by atoms with van der Waals surface area (Å²) in [5.41, 5.74) is 5.95. The lowest BCUT2D eigenvalue weighted by Crippen LogP contribution is -2.31. The fourth-order valence-corrected chi connectivity index (χ4v) is 1.31. The highest BCUT2D eigenvalue weighted by atomic mass is 35.5. The van der Waals surface area contributed by atoms with Crippen molar-refractivity contribution in [1.29, 1.82) is 0 Å². The molecule has 3 N–H and O–H groups in total. The minimum Gasteiger partial charge on any atom is -0.352 e. The van der Waals surface area contributed by atoms with Crippen LogP contribution in [0.2, 0.25) is 5.02 Å². The summed E-state index contributed by atoms with van der Waals surface area (Å²) < 4.78 is 0. The van der Waals surface area contributed by atoms with Crippen molar-refractivity contribution in [3.8, 4) is 0 Å². The van der Waals surface area contributed by atoms with Gasteiger partial charge in [0.1, 0.15) is 0 Å². The number of hydrogen-bond donors (Lipinski definition) is 2. The predicted molar refractivity (Wildman–Crippen MR) is 62.0 cm³/mol. The van der Waals surface area contributed by atoms with E-state index in [-0.39, 0.29) is 11.8 Å². The Morgan fingerprint density at radius 2 is 2.20 bits per heavy atom. The van der Waals surface area contributed by atoms with E-state index in [0.717, 1.165) is 0 Å². The predicted octanol–water partition coefficient (Wildman–Crippen LogP) is 1.66. The van der Waals surface area contributed by atoms with Crippen LogP contribution in [0.15, 0.2) is 24.3 Å². The fraction of sp³-hybridized carbons (Fsp3) is 0.364. The van der Waals surface area contributed by atoms with Crippen molar-refractivity contribution in [2.75, 3.05) is 13.1 Å². The lowest BCUT2D eigenvalue weighted by Gasteiger charge is -2.10. The van der Waals surface area contributed by atoms with Gasteiger partial charge in [-0.3, -0.25) is 4.79 Å². The molecule has 1 unspecified atom stereocenters. The molecule has 15 heavy (non-hydrogen) atoms. The summed E-state index contributed by atoms with van der Waals surface area (Å²) in [4.78, 5) is 11.6. The van der Waals surface area contributed by atoms with Crippen LogP contribution in [-0.2, 0) is 0 Å². The van der Waals surface area contributed by atoms with E-state index >= 15 is 0 Å². The standard InChI is InChI=1S/C11H15ClN2O/c1-8(6-13)7-14-11(15)9-4-2-3-5-10(9)12/h2-5,8H,6-7,13H2,1H3,(H,14,15). The number of halogens is 1. The topological polar surface area (TPSA) is 55.1 Å². The van der Waals surface area contributed by atoms with Crippen LogP contribution in [0.5, 0.6) is 0 Å². The Kier molecular flexibility index (Phi) is 4.59. The molecule has 0 fully saturated rings. The van der Waals surface area contributed by atoms with Gasteiger partial charge in [0, 0.05) is 6.54 Å². The molecule has 1 amide bonds. The van der Waals surface area contributed by atoms with Gasteiger partial charge in [-0.2, -0.15) is 0 Å². The van der Waals surface area contributed by atoms with Gasteiger partial charge in [-0.15, -0.1) is 0 Å². The Hall–Kier alpha value is -1.06. The number of benzene rings is 1. The maximum absolute atomic E-state index is 11.6. The lowest BCUT2D eigenvalue weighted by molar-refractivity contribution is 0.0948. The quantitative estimate of drug-likeness (QED) is 0.821. The lowest BCUT2D eigenvalue weighted by atomic mass is 10.1. The molecule has 82 valence electrons. The Morgan fingerprint density at radius 1 is 1.53 bits per heavy atom. The molecule has 1 atom stereocenters. The molecule has 3 nitrogen and oxygen atoms in total. The fourth-order valence-electron chi connectivity index (χ4n) is 1.09. The normalized spacial score (nSPS) is 12.2. The van der Waals surface area contributed by atoms with Gasteiger partial charge in [-0.1, -0.05) is 30.7 Å². The van der Waals surface area contributed by atoms with E-state index < -0.39 is 0 Å². The summed E-state index contributed by atoms with van der Waals surface area (Å²) in [6.07, 6.45) is 0. The summed E-state index contributed by atoms with van der Waals surface area (Å²) in [5, 5.41) is 3.26. The van der Waals surface area contributed by atoms with E-state index in [1.807, 2.05) is 6.92 Å². The summed E-state index contributed by atoms with van der Waals surface area (Å²) in [5.74, 6) is 0.123. The van der Waals surface area contributed by atoms with Gasteiger partial charge >= 0.3 is 0 Å². The Labute approximate surface area is 94.6 Å². The number of rotatable bonds is 4. The zero-order valence-electron chi connectivity index (χ0n) is 8.66. The number of hydrogen-bond acceptors (Lipinski definition) is 2. The third-order valence-electron chi connectivity index (χ3n) is 2.13. The van der Waals surface area contributed by atoms with Gasteiger partial charge in [0.15, 0.2) is 0 Å². The molecule has 1 rings (SSSR count). The maximum atomic E-state index is 11.6. The Bertz CT molecular complexity index is 341. The number of carbonyl (C=O) groups is 1. The van der Waals surface area contributed by atoms with Crippen molar-refractivity contribution >= 4 is 17.5 Å². The molecular weight excluding hydrogens is 212 g/mol. The van der Waals surface area contributed by atoms with Crippen LogP contribution < -0.4 is 11.1 Å². The van der Waals surface area contributed by atoms with E-state index in [9.17, 15) is 4.79 Å². The molecule has 0 saturated heterocycles. The van der Waals surface area contributed by atoms with Crippen molar-refractivity contribution in [3.05, 3.63) is 34.9 Å². The monoisotopic (exact) mass is 226 g/mol. The minimum absolute atomic E-state index is 0.152. The van der Waals surface area contributed by atoms with Gasteiger partial charge in [0.05, 0.1) is 10.6 Å². The Morgan fingerprint density at radius 3 is 2.80 bits per heavy atom. The van der Waals surface area contributed by atoms with Crippen LogP contribution in [0.25, 0.3) is 0 Å². The van der Waals surface area contributed by atoms with Crippen molar-refractivity contribution in [3.63, 3.8) is 0 Å². The molecule has 0 aromatic heterocycles. The average molecular weight is 227 g/mol. The average Bonchev–Trinajstić information content (AvgIpc) is 2.26. The molecule has 0 bridgehead atoms. The summed E-state index contributed by atoms with van der Waals surface area (Å²) in [6, 6.07) is 6.97. The Balaban J connectivity index is 2.58. The van der Waals surface area contributed by atoms with Crippen LogP contribution in [0.3, 0.4) is 0 Å². The molecule has 1 aromatic carbocycles. The van der Waals surface area contributed by atoms with Crippen LogP contribution >= 0.6 is 11.6 Å². The zero-order chi connectivity index (χ0) is 11.3. The third-order valence-corrected chi connectivity index (χ3v) is 2.46. The first kappa shape index (κ1) is 12.0. The third kappa shape index (κ3) is 3.53. The van der Waals surface area contributed by atoms with Gasteiger partial charge in [0.2, 0.25) is 0 Å². The van der Waals surface area contributed by atoms with Crippen LogP contribution in [0.4, 0.5) is 0 Å². The number of nitrogens with one attached hydrogen (secondary N) is 1. The van der Waals surface area contributed by atoms with E-state index in [1.54, 1.807) is 24.3 Å². The van der Waals surface area contributed by atoms with Crippen LogP contribution in [-0.4, -0.2) is 19.0 Å². The molecule has 0 aliphatic heterocycles. The second-order valence-electron chi connectivity index (χ2n) is 3.53. The van der Waals surface area contributed by atoms with Crippen LogP contribution in [0.1, 0.15) is 17.3 Å². The molecular formula is C11H15ClN2O. The SMILES string of the molecule is CC(CN)CNC(=O)c1ccccc1Cl. The smallest absolute Gasteiger partial charge is 0.252 e. The first-order chi connectivity index (χ1) is 7.15.